The van der Waals surface area contributed by atoms with Gasteiger partial charge in [-0.15, -0.1) is 0 Å². The molecule has 108 heavy (non-hydrogen) atoms. The summed E-state index contributed by atoms with van der Waals surface area (Å²) in [7, 11) is 0. The first-order valence-electron chi connectivity index (χ1n) is 38.0. The molecule has 5 aliphatic carbocycles. The number of hydrogen-bond donors (Lipinski definition) is 0. The molecule has 18 heteroatoms. The van der Waals surface area contributed by atoms with Gasteiger partial charge in [0.05, 0.1) is 51.5 Å². The van der Waals surface area contributed by atoms with Gasteiger partial charge in [0.15, 0.2) is 49.2 Å². The van der Waals surface area contributed by atoms with E-state index in [1.54, 1.807) is 146 Å². The van der Waals surface area contributed by atoms with Crippen molar-refractivity contribution in [3.63, 3.8) is 0 Å². The van der Waals surface area contributed by atoms with Crippen molar-refractivity contribution in [3.05, 3.63) is 263 Å². The number of rotatable bonds is 20. The minimum atomic E-state index is -1.96. The van der Waals surface area contributed by atoms with Crippen molar-refractivity contribution in [1.29, 1.82) is 0 Å². The van der Waals surface area contributed by atoms with E-state index in [4.69, 9.17) is 52.1 Å². The molecule has 0 spiro atoms. The highest BCUT2D eigenvalue weighted by Crippen LogP contribution is 2.76. The first-order valence-corrected chi connectivity index (χ1v) is 38.0. The summed E-state index contributed by atoms with van der Waals surface area (Å²) in [5.74, 6) is -4.91. The number of carbonyl (C=O) groups excluding carboxylic acids is 7. The predicted octanol–water partition coefficient (Wildman–Crippen LogP) is 16.4. The van der Waals surface area contributed by atoms with Crippen LogP contribution in [0.4, 0.5) is 0 Å². The maximum absolute atomic E-state index is 15.0. The number of esters is 7. The van der Waals surface area contributed by atoms with Crippen LogP contribution in [0.2, 0.25) is 0 Å². The summed E-state index contributed by atoms with van der Waals surface area (Å²) in [6.07, 6.45) is -5.20. The fourth-order valence-corrected chi connectivity index (χ4v) is 19.4. The lowest BCUT2D eigenvalue weighted by atomic mass is 9.33. The molecule has 4 saturated carbocycles. The van der Waals surface area contributed by atoms with E-state index in [0.29, 0.717) is 6.42 Å². The van der Waals surface area contributed by atoms with Gasteiger partial charge in [-0.05, 0) is 187 Å². The van der Waals surface area contributed by atoms with Gasteiger partial charge in [-0.2, -0.15) is 0 Å². The smallest absolute Gasteiger partial charge is 0.338 e. The molecular weight excluding hydrogens is 1370 g/mol. The molecule has 14 rings (SSSR count). The monoisotopic (exact) mass is 1460 g/mol. The lowest BCUT2D eigenvalue weighted by Crippen LogP contribution is -2.67. The third-order valence-corrected chi connectivity index (χ3v) is 25.4. The lowest BCUT2D eigenvalue weighted by molar-refractivity contribution is -0.364. The minimum absolute atomic E-state index is 0.0318. The van der Waals surface area contributed by atoms with Crippen LogP contribution in [0.25, 0.3) is 0 Å². The zero-order valence-electron chi connectivity index (χ0n) is 62.3. The van der Waals surface area contributed by atoms with Crippen LogP contribution in [0.15, 0.2) is 224 Å². The summed E-state index contributed by atoms with van der Waals surface area (Å²) < 4.78 is 73.9. The van der Waals surface area contributed by atoms with Crippen LogP contribution in [0.3, 0.4) is 0 Å². The summed E-state index contributed by atoms with van der Waals surface area (Å²) >= 11 is 0. The molecule has 0 amide bonds. The molecule has 2 saturated heterocycles. The maximum Gasteiger partial charge on any atom is 0.338 e. The lowest BCUT2D eigenvalue weighted by Gasteiger charge is -2.71. The number of fused-ring (bicyclic) bond motifs is 7. The van der Waals surface area contributed by atoms with Crippen LogP contribution in [0.1, 0.15) is 180 Å². The van der Waals surface area contributed by atoms with E-state index in [2.05, 4.69) is 54.5 Å². The van der Waals surface area contributed by atoms with Crippen molar-refractivity contribution in [2.45, 2.75) is 181 Å². The van der Waals surface area contributed by atoms with Crippen LogP contribution in [-0.2, 0) is 63.5 Å². The minimum Gasteiger partial charge on any atom is -0.460 e. The van der Waals surface area contributed by atoms with Gasteiger partial charge in [0, 0.05) is 0 Å². The SMILES string of the molecule is CC1(C)CC[C@]2(C(=O)OCc3ccccc3)CC[C@]3(C)C(=CC[C@@H]4[C@@]5(C)CC[C@H](O[C@@H]6OC[C@@H](OC(=O)c7ccccc7)[C@H](OC(=O)c7ccccc7)[C@H]6O[C@@H]6O[C@H](COC(=O)c7ccccc7)[C@@H](OC(=O)c7ccccc7)[C@H](OC(=O)c7ccccc7)[C@H]6OC(=O)c6ccccc6)C(C)(C)[C@@H]5CC[C@]43C)[C@@H]2C1. The van der Waals surface area contributed by atoms with E-state index in [1.165, 1.54) is 42.0 Å². The second-order valence-corrected chi connectivity index (χ2v) is 32.5. The Balaban J connectivity index is 0.843. The molecule has 7 aromatic carbocycles. The maximum atomic E-state index is 15.0. The molecule has 6 fully saturated rings. The second kappa shape index (κ2) is 31.2. The van der Waals surface area contributed by atoms with Crippen molar-refractivity contribution in [2.75, 3.05) is 13.2 Å². The highest BCUT2D eigenvalue weighted by Gasteiger charge is 2.70. The molecule has 17 atom stereocenters. The number of carbonyl (C=O) groups is 7. The third-order valence-electron chi connectivity index (χ3n) is 25.4. The summed E-state index contributed by atoms with van der Waals surface area (Å²) in [5.41, 5.74) is 1.33. The topological polar surface area (TPSA) is 221 Å². The molecule has 2 heterocycles. The van der Waals surface area contributed by atoms with Gasteiger partial charge in [-0.25, -0.2) is 28.8 Å². The van der Waals surface area contributed by atoms with Gasteiger partial charge < -0.3 is 52.1 Å². The summed E-state index contributed by atoms with van der Waals surface area (Å²) in [4.78, 5) is 103. The summed E-state index contributed by atoms with van der Waals surface area (Å²) in [6, 6.07) is 58.7. The molecule has 7 aliphatic rings. The summed E-state index contributed by atoms with van der Waals surface area (Å²) in [5, 5.41) is 0. The highest BCUT2D eigenvalue weighted by atomic mass is 16.8. The second-order valence-electron chi connectivity index (χ2n) is 32.5. The Labute approximate surface area is 631 Å². The number of hydrogen-bond acceptors (Lipinski definition) is 18. The number of benzene rings is 7. The average Bonchev–Trinajstić information content (AvgIpc) is 0.675. The molecule has 0 N–H and O–H groups in total. The molecule has 564 valence electrons. The molecule has 2 aliphatic heterocycles. The van der Waals surface area contributed by atoms with E-state index in [1.807, 2.05) is 30.3 Å². The van der Waals surface area contributed by atoms with Crippen LogP contribution in [0.5, 0.6) is 0 Å². The first-order chi connectivity index (χ1) is 52.0. The molecule has 0 aromatic heterocycles. The molecule has 0 unspecified atom stereocenters. The van der Waals surface area contributed by atoms with Gasteiger partial charge in [0.2, 0.25) is 0 Å². The molecule has 18 nitrogen and oxygen atoms in total. The van der Waals surface area contributed by atoms with Crippen molar-refractivity contribution >= 4 is 41.8 Å². The number of ether oxygens (including phenoxy) is 11. The summed E-state index contributed by atoms with van der Waals surface area (Å²) in [6.45, 7) is 15.9. The van der Waals surface area contributed by atoms with Gasteiger partial charge in [-0.1, -0.05) is 200 Å². The van der Waals surface area contributed by atoms with E-state index in [-0.39, 0.29) is 92.0 Å². The van der Waals surface area contributed by atoms with E-state index >= 15 is 0 Å². The zero-order valence-corrected chi connectivity index (χ0v) is 62.3. The molecule has 7 aromatic rings. The van der Waals surface area contributed by atoms with Crippen LogP contribution >= 0.6 is 0 Å². The van der Waals surface area contributed by atoms with E-state index in [9.17, 15) is 33.6 Å². The predicted molar refractivity (Wildman–Crippen MR) is 398 cm³/mol. The van der Waals surface area contributed by atoms with Gasteiger partial charge in [-0.3, -0.25) is 4.79 Å². The fourth-order valence-electron chi connectivity index (χ4n) is 19.4. The van der Waals surface area contributed by atoms with Crippen LogP contribution in [-0.4, -0.2) is 116 Å². The Morgan fingerprint density at radius 1 is 0.426 bits per heavy atom. The normalized spacial score (nSPS) is 31.5. The standard InChI is InChI=1S/C90H96O18/c1-85(2)49-51-90(84(97)100-54-57-29-15-8-16-30-57)52-50-88(6)64(65(90)53-85)43-44-69-87(5)47-46-70(86(3,4)68(87)45-48-89(69,88)7)103-82-74(72(105-79(94)61-37-23-12-24-38-61)66(56-99-82)101-77(92)59-33-19-10-20-34-59)108-83-75(107-81(96)63-41-27-14-28-42-63)73(106-80(95)62-39-25-13-26-40-62)71(104-78(93)60-35-21-11-22-36-60)67(102-83)55-98-76(91)58-31-17-9-18-32-58/h8-43,65-75,82-83H,44-56H2,1-7H3/t65-,66+,67+,68-,69+,70-,71+,72-,73-,74+,75+,82-,83-,87-,88+,89+,90-/m0/s1. The van der Waals surface area contributed by atoms with Crippen molar-refractivity contribution in [2.24, 2.45) is 50.2 Å². The van der Waals surface area contributed by atoms with Crippen molar-refractivity contribution in [1.82, 2.24) is 0 Å². The third kappa shape index (κ3) is 14.9. The van der Waals surface area contributed by atoms with Gasteiger partial charge in [0.1, 0.15) is 19.3 Å². The Morgan fingerprint density at radius 2 is 0.889 bits per heavy atom. The largest absolute Gasteiger partial charge is 0.460 e. The average molecular weight is 1470 g/mol. The Hall–Kier alpha value is -9.59. The molecular formula is C90H96O18. The highest BCUT2D eigenvalue weighted by molar-refractivity contribution is 5.93. The molecule has 0 bridgehead atoms. The van der Waals surface area contributed by atoms with Gasteiger partial charge in [0.25, 0.3) is 0 Å². The van der Waals surface area contributed by atoms with Crippen molar-refractivity contribution < 1.29 is 85.7 Å². The Morgan fingerprint density at radius 3 is 1.42 bits per heavy atom. The fraction of sp³-hybridized carbons (Fsp3) is 0.433. The Bertz CT molecular complexity index is 4390. The van der Waals surface area contributed by atoms with Crippen molar-refractivity contribution in [3.8, 4) is 0 Å². The Kier molecular flexibility index (Phi) is 21.7. The van der Waals surface area contributed by atoms with Gasteiger partial charge >= 0.3 is 41.8 Å². The number of allylic oxidation sites excluding steroid dienone is 2. The molecule has 0 radical (unpaired) electrons. The van der Waals surface area contributed by atoms with E-state index in [0.717, 1.165) is 63.4 Å². The van der Waals surface area contributed by atoms with E-state index < -0.39 is 115 Å². The quantitative estimate of drug-likeness (QED) is 0.0299. The zero-order chi connectivity index (χ0) is 75.6. The first kappa shape index (κ1) is 75.2. The van der Waals surface area contributed by atoms with Crippen LogP contribution < -0.4 is 0 Å². The van der Waals surface area contributed by atoms with Crippen LogP contribution in [0, 0.1) is 50.2 Å².